The average molecular weight is 225 g/mol. The molecule has 0 radical (unpaired) electrons. The molecule has 0 aliphatic rings. The van der Waals surface area contributed by atoms with Crippen LogP contribution in [0.1, 0.15) is 12.7 Å². The SMILES string of the molecule is CCOCCOC(=O)NC=Cc1ccco1. The molecule has 1 aromatic heterocycles. The molecule has 1 rings (SSSR count). The van der Waals surface area contributed by atoms with Crippen molar-refractivity contribution < 1.29 is 18.7 Å². The summed E-state index contributed by atoms with van der Waals surface area (Å²) in [6.45, 7) is 3.15. The Bertz CT molecular complexity index is 319. The van der Waals surface area contributed by atoms with Gasteiger partial charge in [-0.2, -0.15) is 0 Å². The number of amides is 1. The van der Waals surface area contributed by atoms with Gasteiger partial charge in [-0.25, -0.2) is 4.79 Å². The maximum Gasteiger partial charge on any atom is 0.411 e. The van der Waals surface area contributed by atoms with Crippen LogP contribution in [0.5, 0.6) is 0 Å². The van der Waals surface area contributed by atoms with E-state index in [0.717, 1.165) is 0 Å². The van der Waals surface area contributed by atoms with Crippen LogP contribution < -0.4 is 5.32 Å². The first kappa shape index (κ1) is 12.3. The van der Waals surface area contributed by atoms with Crippen molar-refractivity contribution in [3.8, 4) is 0 Å². The van der Waals surface area contributed by atoms with Crippen LogP contribution in [-0.2, 0) is 9.47 Å². The Balaban J connectivity index is 2.10. The zero-order chi connectivity index (χ0) is 11.6. The molecule has 16 heavy (non-hydrogen) atoms. The zero-order valence-electron chi connectivity index (χ0n) is 9.14. The van der Waals surface area contributed by atoms with Crippen molar-refractivity contribution in [3.05, 3.63) is 30.4 Å². The van der Waals surface area contributed by atoms with Gasteiger partial charge in [-0.1, -0.05) is 0 Å². The van der Waals surface area contributed by atoms with E-state index in [-0.39, 0.29) is 6.61 Å². The number of carbonyl (C=O) groups is 1. The molecule has 0 bridgehead atoms. The molecular weight excluding hydrogens is 210 g/mol. The predicted octanol–water partition coefficient (Wildman–Crippen LogP) is 2.01. The number of ether oxygens (including phenoxy) is 2. The van der Waals surface area contributed by atoms with E-state index in [1.54, 1.807) is 24.5 Å². The van der Waals surface area contributed by atoms with E-state index in [1.807, 2.05) is 6.92 Å². The zero-order valence-corrected chi connectivity index (χ0v) is 9.14. The summed E-state index contributed by atoms with van der Waals surface area (Å²) in [5.41, 5.74) is 0. The lowest BCUT2D eigenvalue weighted by atomic mass is 10.4. The van der Waals surface area contributed by atoms with Crippen LogP contribution in [0.15, 0.2) is 29.0 Å². The van der Waals surface area contributed by atoms with Crippen molar-refractivity contribution in [1.82, 2.24) is 5.32 Å². The van der Waals surface area contributed by atoms with Gasteiger partial charge in [-0.3, -0.25) is 5.32 Å². The predicted molar refractivity (Wildman–Crippen MR) is 58.7 cm³/mol. The number of carbonyl (C=O) groups excluding carboxylic acids is 1. The van der Waals surface area contributed by atoms with Gasteiger partial charge in [0.15, 0.2) is 0 Å². The third-order valence-corrected chi connectivity index (χ3v) is 1.66. The lowest BCUT2D eigenvalue weighted by molar-refractivity contribution is 0.0804. The van der Waals surface area contributed by atoms with Gasteiger partial charge >= 0.3 is 6.09 Å². The summed E-state index contributed by atoms with van der Waals surface area (Å²) in [5, 5.41) is 2.44. The molecule has 88 valence electrons. The molecule has 0 saturated heterocycles. The minimum absolute atomic E-state index is 0.244. The van der Waals surface area contributed by atoms with Crippen LogP contribution in [0, 0.1) is 0 Å². The van der Waals surface area contributed by atoms with Gasteiger partial charge in [0.05, 0.1) is 12.9 Å². The highest BCUT2D eigenvalue weighted by Crippen LogP contribution is 2.00. The van der Waals surface area contributed by atoms with Crippen LogP contribution in [0.2, 0.25) is 0 Å². The maximum atomic E-state index is 11.1. The van der Waals surface area contributed by atoms with E-state index < -0.39 is 6.09 Å². The number of alkyl carbamates (subject to hydrolysis) is 1. The molecule has 0 spiro atoms. The standard InChI is InChI=1S/C11H15NO4/c1-2-14-8-9-16-11(13)12-6-5-10-4-3-7-15-10/h3-7H,2,8-9H2,1H3,(H,12,13). The van der Waals surface area contributed by atoms with Crippen molar-refractivity contribution in [2.24, 2.45) is 0 Å². The van der Waals surface area contributed by atoms with E-state index >= 15 is 0 Å². The molecule has 1 aromatic rings. The largest absolute Gasteiger partial charge is 0.465 e. The number of nitrogens with one attached hydrogen (secondary N) is 1. The topological polar surface area (TPSA) is 60.7 Å². The van der Waals surface area contributed by atoms with Crippen LogP contribution in [0.25, 0.3) is 6.08 Å². The Morgan fingerprint density at radius 1 is 1.56 bits per heavy atom. The van der Waals surface area contributed by atoms with Crippen LogP contribution in [-0.4, -0.2) is 25.9 Å². The normalized spacial score (nSPS) is 10.6. The highest BCUT2D eigenvalue weighted by molar-refractivity contribution is 5.69. The quantitative estimate of drug-likeness (QED) is 0.752. The summed E-state index contributed by atoms with van der Waals surface area (Å²) in [6, 6.07) is 3.54. The van der Waals surface area contributed by atoms with E-state index in [0.29, 0.717) is 19.0 Å². The van der Waals surface area contributed by atoms with Crippen LogP contribution in [0.3, 0.4) is 0 Å². The molecule has 1 N–H and O–H groups in total. The molecule has 5 heteroatoms. The van der Waals surface area contributed by atoms with Crippen LogP contribution in [0.4, 0.5) is 4.79 Å². The number of rotatable bonds is 6. The van der Waals surface area contributed by atoms with Gasteiger partial charge in [-0.05, 0) is 25.1 Å². The van der Waals surface area contributed by atoms with Crippen molar-refractivity contribution in [1.29, 1.82) is 0 Å². The van der Waals surface area contributed by atoms with E-state index in [1.165, 1.54) is 6.20 Å². The van der Waals surface area contributed by atoms with Gasteiger partial charge < -0.3 is 13.9 Å². The fourth-order valence-electron chi connectivity index (χ4n) is 0.957. The first-order chi connectivity index (χ1) is 7.83. The van der Waals surface area contributed by atoms with Gasteiger partial charge in [0.25, 0.3) is 0 Å². The third kappa shape index (κ3) is 5.21. The molecular formula is C11H15NO4. The lowest BCUT2D eigenvalue weighted by Gasteiger charge is -2.03. The van der Waals surface area contributed by atoms with Crippen molar-refractivity contribution in [2.75, 3.05) is 19.8 Å². The summed E-state index contributed by atoms with van der Waals surface area (Å²) >= 11 is 0. The van der Waals surface area contributed by atoms with E-state index in [2.05, 4.69) is 5.32 Å². The minimum Gasteiger partial charge on any atom is -0.465 e. The van der Waals surface area contributed by atoms with Gasteiger partial charge in [0.1, 0.15) is 12.4 Å². The smallest absolute Gasteiger partial charge is 0.411 e. The first-order valence-corrected chi connectivity index (χ1v) is 5.04. The Morgan fingerprint density at radius 2 is 2.44 bits per heavy atom. The highest BCUT2D eigenvalue weighted by Gasteiger charge is 1.97. The Hall–Kier alpha value is -1.75. The Morgan fingerprint density at radius 3 is 3.12 bits per heavy atom. The van der Waals surface area contributed by atoms with Crippen molar-refractivity contribution in [2.45, 2.75) is 6.92 Å². The second-order valence-electron chi connectivity index (χ2n) is 2.83. The molecule has 1 heterocycles. The Kier molecular flexibility index (Phi) is 5.80. The molecule has 0 atom stereocenters. The monoisotopic (exact) mass is 225 g/mol. The molecule has 0 aromatic carbocycles. The van der Waals surface area contributed by atoms with Gasteiger partial charge in [-0.15, -0.1) is 0 Å². The lowest BCUT2D eigenvalue weighted by Crippen LogP contribution is -2.20. The van der Waals surface area contributed by atoms with Gasteiger partial charge in [0.2, 0.25) is 0 Å². The van der Waals surface area contributed by atoms with E-state index in [9.17, 15) is 4.79 Å². The summed E-state index contributed by atoms with van der Waals surface area (Å²) in [5.74, 6) is 0.662. The summed E-state index contributed by atoms with van der Waals surface area (Å²) in [7, 11) is 0. The van der Waals surface area contributed by atoms with Gasteiger partial charge in [0, 0.05) is 12.8 Å². The Labute approximate surface area is 94.0 Å². The molecule has 0 saturated carbocycles. The second-order valence-corrected chi connectivity index (χ2v) is 2.83. The molecule has 0 aliphatic heterocycles. The van der Waals surface area contributed by atoms with Crippen molar-refractivity contribution >= 4 is 12.2 Å². The summed E-state index contributed by atoms with van der Waals surface area (Å²) in [4.78, 5) is 11.1. The third-order valence-electron chi connectivity index (χ3n) is 1.66. The fourth-order valence-corrected chi connectivity index (χ4v) is 0.957. The molecule has 1 amide bonds. The fraction of sp³-hybridized carbons (Fsp3) is 0.364. The minimum atomic E-state index is -0.512. The van der Waals surface area contributed by atoms with Crippen LogP contribution >= 0.6 is 0 Å². The molecule has 0 unspecified atom stereocenters. The number of furan rings is 1. The van der Waals surface area contributed by atoms with E-state index in [4.69, 9.17) is 13.9 Å². The second kappa shape index (κ2) is 7.53. The average Bonchev–Trinajstić information content (AvgIpc) is 2.77. The summed E-state index contributed by atoms with van der Waals surface area (Å²) < 4.78 is 14.8. The first-order valence-electron chi connectivity index (χ1n) is 5.04. The molecule has 5 nitrogen and oxygen atoms in total. The molecule has 0 aliphatic carbocycles. The molecule has 0 fully saturated rings. The summed E-state index contributed by atoms with van der Waals surface area (Å²) in [6.07, 6.45) is 4.13. The number of hydrogen-bond donors (Lipinski definition) is 1. The number of hydrogen-bond acceptors (Lipinski definition) is 4. The highest BCUT2D eigenvalue weighted by atomic mass is 16.6. The maximum absolute atomic E-state index is 11.1. The van der Waals surface area contributed by atoms with Crippen molar-refractivity contribution in [3.63, 3.8) is 0 Å².